The number of imidazole rings is 1. The molecule has 7 heteroatoms. The van der Waals surface area contributed by atoms with Gasteiger partial charge in [0.05, 0.1) is 17.1 Å². The molecule has 1 aromatic heterocycles. The molecule has 0 saturated carbocycles. The number of amides is 3. The smallest absolute Gasteiger partial charge is 0.322 e. The number of aryl methyl sites for hydroxylation is 1. The van der Waals surface area contributed by atoms with Crippen molar-refractivity contribution in [2.45, 2.75) is 46.2 Å². The first-order valence-electron chi connectivity index (χ1n) is 11.5. The maximum Gasteiger partial charge on any atom is 0.322 e. The summed E-state index contributed by atoms with van der Waals surface area (Å²) in [6.45, 7) is 8.90. The molecular weight excluding hydrogens is 402 g/mol. The zero-order valence-electron chi connectivity index (χ0n) is 19.0. The highest BCUT2D eigenvalue weighted by molar-refractivity contribution is 5.95. The second-order valence-corrected chi connectivity index (χ2v) is 8.04. The van der Waals surface area contributed by atoms with Crippen LogP contribution in [0.2, 0.25) is 0 Å². The Morgan fingerprint density at radius 3 is 2.47 bits per heavy atom. The van der Waals surface area contributed by atoms with Gasteiger partial charge in [0.1, 0.15) is 5.82 Å². The number of nitrogens with zero attached hydrogens (tertiary/aromatic N) is 4. The number of aromatic nitrogens is 2. The summed E-state index contributed by atoms with van der Waals surface area (Å²) in [5, 5.41) is 3.00. The van der Waals surface area contributed by atoms with Crippen LogP contribution >= 0.6 is 0 Å². The zero-order valence-corrected chi connectivity index (χ0v) is 19.0. The Balaban J connectivity index is 1.51. The second-order valence-electron chi connectivity index (χ2n) is 8.04. The summed E-state index contributed by atoms with van der Waals surface area (Å²) in [7, 11) is 0. The Morgan fingerprint density at radius 1 is 1.06 bits per heavy atom. The molecular formula is C25H31N5O2. The molecule has 3 aromatic rings. The molecule has 2 aromatic carbocycles. The number of rotatable bonds is 6. The van der Waals surface area contributed by atoms with Crippen LogP contribution in [0.25, 0.3) is 11.0 Å². The third-order valence-corrected chi connectivity index (χ3v) is 6.25. The molecule has 2 heterocycles. The van der Waals surface area contributed by atoms with Crippen molar-refractivity contribution in [1.82, 2.24) is 19.4 Å². The van der Waals surface area contributed by atoms with E-state index < -0.39 is 0 Å². The summed E-state index contributed by atoms with van der Waals surface area (Å²) < 4.78 is 2.21. The Bertz CT molecular complexity index is 1100. The van der Waals surface area contributed by atoms with Crippen molar-refractivity contribution in [1.29, 1.82) is 0 Å². The van der Waals surface area contributed by atoms with E-state index in [1.54, 1.807) is 29.2 Å². The number of anilines is 1. The molecule has 32 heavy (non-hydrogen) atoms. The molecule has 3 amide bonds. The quantitative estimate of drug-likeness (QED) is 0.601. The highest BCUT2D eigenvalue weighted by Crippen LogP contribution is 2.34. The van der Waals surface area contributed by atoms with Gasteiger partial charge in [-0.2, -0.15) is 0 Å². The summed E-state index contributed by atoms with van der Waals surface area (Å²) in [5.41, 5.74) is 3.37. The zero-order chi connectivity index (χ0) is 22.7. The van der Waals surface area contributed by atoms with Crippen LogP contribution in [0.5, 0.6) is 0 Å². The average molecular weight is 434 g/mol. The number of urea groups is 1. The van der Waals surface area contributed by atoms with Crippen molar-refractivity contribution in [3.05, 3.63) is 59.9 Å². The third-order valence-electron chi connectivity index (χ3n) is 6.25. The summed E-state index contributed by atoms with van der Waals surface area (Å²) in [6, 6.07) is 15.1. The molecule has 1 atom stereocenters. The molecule has 0 bridgehead atoms. The van der Waals surface area contributed by atoms with Gasteiger partial charge in [0.15, 0.2) is 0 Å². The van der Waals surface area contributed by atoms with Gasteiger partial charge in [-0.25, -0.2) is 9.78 Å². The predicted octanol–water partition coefficient (Wildman–Crippen LogP) is 4.91. The Morgan fingerprint density at radius 2 is 1.78 bits per heavy atom. The van der Waals surface area contributed by atoms with Gasteiger partial charge in [-0.3, -0.25) is 4.79 Å². The van der Waals surface area contributed by atoms with Gasteiger partial charge in [-0.05, 0) is 70.0 Å². The fraction of sp³-hybridized carbons (Fsp3) is 0.400. The third kappa shape index (κ3) is 4.07. The summed E-state index contributed by atoms with van der Waals surface area (Å²) in [5.74, 6) is 0.951. The lowest BCUT2D eigenvalue weighted by atomic mass is 10.1. The lowest BCUT2D eigenvalue weighted by Crippen LogP contribution is -2.35. The number of para-hydroxylation sites is 2. The minimum atomic E-state index is -0.134. The molecule has 1 aliphatic rings. The number of fused-ring (bicyclic) bond motifs is 1. The minimum absolute atomic E-state index is 0.00551. The molecule has 1 N–H and O–H groups in total. The van der Waals surface area contributed by atoms with Crippen molar-refractivity contribution in [3.63, 3.8) is 0 Å². The molecule has 1 aliphatic heterocycles. The first-order chi connectivity index (χ1) is 15.6. The first kappa shape index (κ1) is 21.9. The second kappa shape index (κ2) is 9.42. The van der Waals surface area contributed by atoms with Crippen LogP contribution in [-0.4, -0.2) is 50.9 Å². The van der Waals surface area contributed by atoms with Crippen molar-refractivity contribution < 1.29 is 9.59 Å². The van der Waals surface area contributed by atoms with E-state index in [9.17, 15) is 9.59 Å². The van der Waals surface area contributed by atoms with Crippen LogP contribution in [0.1, 0.15) is 55.8 Å². The Labute approximate surface area is 189 Å². The van der Waals surface area contributed by atoms with Crippen molar-refractivity contribution >= 4 is 28.7 Å². The number of hydrogen-bond acceptors (Lipinski definition) is 3. The van der Waals surface area contributed by atoms with E-state index in [0.29, 0.717) is 30.9 Å². The van der Waals surface area contributed by atoms with E-state index in [-0.39, 0.29) is 18.0 Å². The molecule has 1 unspecified atom stereocenters. The van der Waals surface area contributed by atoms with Crippen LogP contribution < -0.4 is 5.32 Å². The Hall–Kier alpha value is -3.35. The molecule has 168 valence electrons. The highest BCUT2D eigenvalue weighted by atomic mass is 16.2. The molecule has 1 fully saturated rings. The molecule has 4 rings (SSSR count). The van der Waals surface area contributed by atoms with Gasteiger partial charge in [0.2, 0.25) is 0 Å². The number of nitrogens with one attached hydrogen (secondary N) is 1. The molecule has 7 nitrogen and oxygen atoms in total. The monoisotopic (exact) mass is 433 g/mol. The van der Waals surface area contributed by atoms with E-state index in [1.807, 2.05) is 36.9 Å². The van der Waals surface area contributed by atoms with E-state index in [1.165, 1.54) is 0 Å². The lowest BCUT2D eigenvalue weighted by Gasteiger charge is -2.25. The van der Waals surface area contributed by atoms with Gasteiger partial charge in [-0.1, -0.05) is 12.1 Å². The van der Waals surface area contributed by atoms with Crippen molar-refractivity contribution in [3.8, 4) is 0 Å². The van der Waals surface area contributed by atoms with Crippen LogP contribution in [-0.2, 0) is 6.54 Å². The van der Waals surface area contributed by atoms with Crippen LogP contribution in [0.4, 0.5) is 10.5 Å². The fourth-order valence-corrected chi connectivity index (χ4v) is 4.54. The standard InChI is InChI=1S/C25H31N5O2/c1-4-28(5-2)24(31)18-13-15-19(16-14-18)26-25(32)30-17-9-12-22(30)23-27-20-10-7-8-11-21(20)29(23)6-3/h7-8,10-11,13-16,22H,4-6,9,12,17H2,1-3H3,(H,26,32). The topological polar surface area (TPSA) is 70.5 Å². The number of carbonyl (C=O) groups excluding carboxylic acids is 2. The molecule has 0 radical (unpaired) electrons. The van der Waals surface area contributed by atoms with Gasteiger partial charge in [0.25, 0.3) is 5.91 Å². The maximum absolute atomic E-state index is 13.1. The van der Waals surface area contributed by atoms with E-state index in [2.05, 4.69) is 22.9 Å². The average Bonchev–Trinajstić information content (AvgIpc) is 3.44. The van der Waals surface area contributed by atoms with Crippen LogP contribution in [0.3, 0.4) is 0 Å². The summed E-state index contributed by atoms with van der Waals surface area (Å²) in [4.78, 5) is 34.2. The molecule has 0 spiro atoms. The predicted molar refractivity (Wildman–Crippen MR) is 127 cm³/mol. The SMILES string of the molecule is CCN(CC)C(=O)c1ccc(NC(=O)N2CCCC2c2nc3ccccc3n2CC)cc1. The first-order valence-corrected chi connectivity index (χ1v) is 11.5. The van der Waals surface area contributed by atoms with E-state index >= 15 is 0 Å². The van der Waals surface area contributed by atoms with Crippen LogP contribution in [0.15, 0.2) is 48.5 Å². The summed E-state index contributed by atoms with van der Waals surface area (Å²) >= 11 is 0. The maximum atomic E-state index is 13.1. The van der Waals surface area contributed by atoms with E-state index in [4.69, 9.17) is 4.98 Å². The highest BCUT2D eigenvalue weighted by Gasteiger charge is 2.33. The van der Waals surface area contributed by atoms with Crippen LogP contribution in [0, 0.1) is 0 Å². The molecule has 0 aliphatic carbocycles. The normalized spacial score (nSPS) is 15.8. The summed E-state index contributed by atoms with van der Waals surface area (Å²) in [6.07, 6.45) is 1.84. The van der Waals surface area contributed by atoms with Gasteiger partial charge in [0, 0.05) is 37.4 Å². The number of likely N-dealkylation sites (tertiary alicyclic amines) is 1. The fourth-order valence-electron chi connectivity index (χ4n) is 4.54. The van der Waals surface area contributed by atoms with E-state index in [0.717, 1.165) is 36.2 Å². The molecule has 1 saturated heterocycles. The Kier molecular flexibility index (Phi) is 6.44. The van der Waals surface area contributed by atoms with Gasteiger partial charge < -0.3 is 19.7 Å². The van der Waals surface area contributed by atoms with Crippen molar-refractivity contribution in [2.24, 2.45) is 0 Å². The van der Waals surface area contributed by atoms with Crippen molar-refractivity contribution in [2.75, 3.05) is 25.0 Å². The van der Waals surface area contributed by atoms with Gasteiger partial charge >= 0.3 is 6.03 Å². The minimum Gasteiger partial charge on any atom is -0.339 e. The van der Waals surface area contributed by atoms with Gasteiger partial charge in [-0.15, -0.1) is 0 Å². The number of benzene rings is 2. The number of hydrogen-bond donors (Lipinski definition) is 1. The number of carbonyl (C=O) groups is 2. The largest absolute Gasteiger partial charge is 0.339 e. The lowest BCUT2D eigenvalue weighted by molar-refractivity contribution is 0.0773.